The van der Waals surface area contributed by atoms with Crippen molar-refractivity contribution in [1.82, 2.24) is 0 Å². The summed E-state index contributed by atoms with van der Waals surface area (Å²) < 4.78 is 96.7. The smallest absolute Gasteiger partial charge is 0.307 e. The highest BCUT2D eigenvalue weighted by atomic mass is 16.6. The van der Waals surface area contributed by atoms with Gasteiger partial charge >= 0.3 is 11.9 Å². The van der Waals surface area contributed by atoms with E-state index in [0.29, 0.717) is 218 Å². The van der Waals surface area contributed by atoms with E-state index >= 15 is 0 Å². The first-order valence-corrected chi connectivity index (χ1v) is 20.8. The average molecular weight is 881 g/mol. The molecule has 21 heteroatoms. The monoisotopic (exact) mass is 880 g/mol. The Labute approximate surface area is 356 Å². The third-order valence-electron chi connectivity index (χ3n) is 7.09. The molecule has 60 heavy (non-hydrogen) atoms. The number of carbonyl (C=O) groups excluding carboxylic acids is 1. The van der Waals surface area contributed by atoms with Crippen molar-refractivity contribution in [2.24, 2.45) is 0 Å². The molecular weight excluding hydrogens is 804 g/mol. The third kappa shape index (κ3) is 54.3. The molecule has 0 rings (SSSR count). The average Bonchev–Trinajstić information content (AvgIpc) is 3.25. The van der Waals surface area contributed by atoms with Crippen molar-refractivity contribution in [3.05, 3.63) is 0 Å². The fourth-order valence-electron chi connectivity index (χ4n) is 4.04. The Balaban J connectivity index is 3.07. The molecule has 0 radical (unpaired) electrons. The number of methoxy groups -OCH3 is 1. The Bertz CT molecular complexity index is 846. The van der Waals surface area contributed by atoms with Crippen molar-refractivity contribution in [3.8, 4) is 0 Å². The number of esters is 1. The summed E-state index contributed by atoms with van der Waals surface area (Å²) in [5, 5.41) is 8.50. The zero-order chi connectivity index (χ0) is 43.3. The second kappa shape index (κ2) is 53.4. The van der Waals surface area contributed by atoms with E-state index in [-0.39, 0.29) is 25.4 Å². The van der Waals surface area contributed by atoms with E-state index in [9.17, 15) is 9.59 Å². The maximum absolute atomic E-state index is 10.9. The van der Waals surface area contributed by atoms with Gasteiger partial charge in [-0.25, -0.2) is 0 Å². The molecule has 0 saturated heterocycles. The lowest BCUT2D eigenvalue weighted by Gasteiger charge is -2.09. The molecule has 0 aromatic heterocycles. The number of ether oxygens (including phenoxy) is 18. The summed E-state index contributed by atoms with van der Waals surface area (Å²) in [5.74, 6) is -1.17. The lowest BCUT2D eigenvalue weighted by Crippen LogP contribution is -2.16. The van der Waals surface area contributed by atoms with Gasteiger partial charge in [-0.3, -0.25) is 9.59 Å². The number of carboxylic acids is 1. The van der Waals surface area contributed by atoms with Crippen molar-refractivity contribution < 1.29 is 100.0 Å². The maximum Gasteiger partial charge on any atom is 0.307 e. The predicted molar refractivity (Wildman–Crippen MR) is 213 cm³/mol. The van der Waals surface area contributed by atoms with Crippen molar-refractivity contribution in [1.29, 1.82) is 0 Å². The summed E-state index contributed by atoms with van der Waals surface area (Å²) in [4.78, 5) is 21.3. The molecule has 0 saturated carbocycles. The van der Waals surface area contributed by atoms with Crippen LogP contribution in [0.15, 0.2) is 0 Å². The number of rotatable bonds is 54. The standard InChI is InChI=1S/C39H76O21/c1-43-39(42)3-5-45-7-9-47-11-13-49-15-17-51-19-21-53-23-25-55-27-29-57-31-33-59-35-37-60-36-34-58-32-30-56-28-26-54-24-22-52-20-18-50-16-14-48-12-10-46-8-6-44-4-2-38(40)41/h2-37H2,1H3,(H,40,41). The largest absolute Gasteiger partial charge is 0.481 e. The molecule has 0 unspecified atom stereocenters. The predicted octanol–water partition coefficient (Wildman–Crippen LogP) is 0.306. The SMILES string of the molecule is COC(=O)CCOCCOCCOCCOCCOCCOCCOCCOCCOCCOCCOCCOCCOCCOCCOCCOCCOCCC(=O)O. The molecule has 0 aliphatic carbocycles. The van der Waals surface area contributed by atoms with Gasteiger partial charge in [-0.1, -0.05) is 0 Å². The summed E-state index contributed by atoms with van der Waals surface area (Å²) >= 11 is 0. The molecule has 0 bridgehead atoms. The zero-order valence-electron chi connectivity index (χ0n) is 36.1. The van der Waals surface area contributed by atoms with Gasteiger partial charge in [-0.2, -0.15) is 0 Å². The summed E-state index contributed by atoms with van der Waals surface area (Å²) in [6.07, 6.45) is 0.229. The highest BCUT2D eigenvalue weighted by Gasteiger charge is 2.01. The first-order chi connectivity index (χ1) is 29.7. The van der Waals surface area contributed by atoms with Gasteiger partial charge in [0.15, 0.2) is 0 Å². The van der Waals surface area contributed by atoms with Crippen LogP contribution in [0.1, 0.15) is 12.8 Å². The molecule has 0 heterocycles. The Hall–Kier alpha value is -1.74. The zero-order valence-corrected chi connectivity index (χ0v) is 36.1. The van der Waals surface area contributed by atoms with Gasteiger partial charge in [-0.05, 0) is 0 Å². The number of hydrogen-bond donors (Lipinski definition) is 1. The molecule has 0 aromatic carbocycles. The van der Waals surface area contributed by atoms with Crippen LogP contribution in [0.5, 0.6) is 0 Å². The van der Waals surface area contributed by atoms with Crippen molar-refractivity contribution in [2.45, 2.75) is 12.8 Å². The van der Waals surface area contributed by atoms with Gasteiger partial charge in [0, 0.05) is 0 Å². The van der Waals surface area contributed by atoms with Gasteiger partial charge in [0.2, 0.25) is 0 Å². The molecule has 0 aliphatic heterocycles. The van der Waals surface area contributed by atoms with E-state index in [2.05, 4.69) is 4.74 Å². The maximum atomic E-state index is 10.9. The lowest BCUT2D eigenvalue weighted by atomic mass is 10.5. The molecule has 0 fully saturated rings. The van der Waals surface area contributed by atoms with Crippen LogP contribution in [0.25, 0.3) is 0 Å². The molecule has 1 N–H and O–H groups in total. The van der Waals surface area contributed by atoms with Crippen LogP contribution in [0.4, 0.5) is 0 Å². The molecule has 0 aromatic rings. The summed E-state index contributed by atoms with van der Waals surface area (Å²) in [6.45, 7) is 15.5. The summed E-state index contributed by atoms with van der Waals surface area (Å²) in [6, 6.07) is 0. The molecule has 0 amide bonds. The molecule has 0 atom stereocenters. The Morgan fingerprint density at radius 1 is 0.250 bits per heavy atom. The summed E-state index contributed by atoms with van der Waals surface area (Å²) in [7, 11) is 1.35. The first kappa shape index (κ1) is 58.3. The fraction of sp³-hybridized carbons (Fsp3) is 0.949. The van der Waals surface area contributed by atoms with Gasteiger partial charge in [0.1, 0.15) is 0 Å². The van der Waals surface area contributed by atoms with Gasteiger partial charge in [0.25, 0.3) is 0 Å². The molecule has 21 nitrogen and oxygen atoms in total. The number of carboxylic acid groups (broad SMARTS) is 1. The minimum atomic E-state index is -0.879. The number of carbonyl (C=O) groups is 2. The Morgan fingerprint density at radius 2 is 0.383 bits per heavy atom. The fourth-order valence-corrected chi connectivity index (χ4v) is 4.04. The minimum Gasteiger partial charge on any atom is -0.481 e. The van der Waals surface area contributed by atoms with Crippen LogP contribution in [0, 0.1) is 0 Å². The topological polar surface area (TPSA) is 221 Å². The normalized spacial score (nSPS) is 11.5. The van der Waals surface area contributed by atoms with Crippen LogP contribution in [0.3, 0.4) is 0 Å². The van der Waals surface area contributed by atoms with E-state index in [1.807, 2.05) is 0 Å². The van der Waals surface area contributed by atoms with Crippen molar-refractivity contribution in [2.75, 3.05) is 232 Å². The van der Waals surface area contributed by atoms with Crippen LogP contribution < -0.4 is 0 Å². The number of hydrogen-bond acceptors (Lipinski definition) is 20. The van der Waals surface area contributed by atoms with Gasteiger partial charge in [0.05, 0.1) is 245 Å². The lowest BCUT2D eigenvalue weighted by molar-refractivity contribution is -0.142. The quantitative estimate of drug-likeness (QED) is 0.0642. The molecule has 0 aliphatic rings. The Morgan fingerprint density at radius 3 is 0.517 bits per heavy atom. The van der Waals surface area contributed by atoms with Crippen molar-refractivity contribution in [3.63, 3.8) is 0 Å². The highest BCUT2D eigenvalue weighted by molar-refractivity contribution is 5.69. The van der Waals surface area contributed by atoms with E-state index in [4.69, 9.17) is 85.6 Å². The van der Waals surface area contributed by atoms with E-state index in [1.54, 1.807) is 0 Å². The second-order valence-electron chi connectivity index (χ2n) is 11.9. The van der Waals surface area contributed by atoms with E-state index in [1.165, 1.54) is 7.11 Å². The number of aliphatic carboxylic acids is 1. The van der Waals surface area contributed by atoms with Crippen molar-refractivity contribution >= 4 is 11.9 Å². The Kier molecular flexibility index (Phi) is 51.8. The molecule has 358 valence electrons. The highest BCUT2D eigenvalue weighted by Crippen LogP contribution is 1.90. The summed E-state index contributed by atoms with van der Waals surface area (Å²) in [5.41, 5.74) is 0. The minimum absolute atomic E-state index is 0.00832. The third-order valence-corrected chi connectivity index (χ3v) is 7.09. The van der Waals surface area contributed by atoms with E-state index in [0.717, 1.165) is 0 Å². The van der Waals surface area contributed by atoms with E-state index < -0.39 is 5.97 Å². The second-order valence-corrected chi connectivity index (χ2v) is 11.9. The first-order valence-electron chi connectivity index (χ1n) is 20.8. The van der Waals surface area contributed by atoms with Crippen LogP contribution >= 0.6 is 0 Å². The van der Waals surface area contributed by atoms with Crippen LogP contribution in [-0.2, 0) is 94.9 Å². The van der Waals surface area contributed by atoms with Crippen LogP contribution in [0.2, 0.25) is 0 Å². The molecular formula is C39H76O21. The van der Waals surface area contributed by atoms with Gasteiger partial charge in [-0.15, -0.1) is 0 Å². The van der Waals surface area contributed by atoms with Crippen LogP contribution in [-0.4, -0.2) is 249 Å². The van der Waals surface area contributed by atoms with Gasteiger partial charge < -0.3 is 90.4 Å². The molecule has 0 spiro atoms.